The van der Waals surface area contributed by atoms with Crippen molar-refractivity contribution in [3.8, 4) is 0 Å². The summed E-state index contributed by atoms with van der Waals surface area (Å²) >= 11 is 0. The van der Waals surface area contributed by atoms with Crippen LogP contribution in [0.2, 0.25) is 0 Å². The molecule has 5 heteroatoms. The number of aliphatic imine (C=N–C) groups is 1. The van der Waals surface area contributed by atoms with Crippen LogP contribution in [0.25, 0.3) is 0 Å². The highest BCUT2D eigenvalue weighted by atomic mass is 32.2. The molecule has 0 aliphatic carbocycles. The van der Waals surface area contributed by atoms with Crippen molar-refractivity contribution in [3.63, 3.8) is 0 Å². The highest BCUT2D eigenvalue weighted by molar-refractivity contribution is 7.91. The second-order valence-corrected chi connectivity index (χ2v) is 8.05. The Labute approximate surface area is 127 Å². The summed E-state index contributed by atoms with van der Waals surface area (Å²) in [7, 11) is -2.90. The smallest absolute Gasteiger partial charge is 0.152 e. The molecule has 1 unspecified atom stereocenters. The third-order valence-corrected chi connectivity index (χ3v) is 5.92. The van der Waals surface area contributed by atoms with Crippen molar-refractivity contribution in [3.05, 3.63) is 29.8 Å². The van der Waals surface area contributed by atoms with E-state index in [1.165, 1.54) is 5.69 Å². The zero-order valence-electron chi connectivity index (χ0n) is 13.0. The molecule has 0 aromatic heterocycles. The minimum absolute atomic E-state index is 0.161. The highest BCUT2D eigenvalue weighted by Gasteiger charge is 2.37. The van der Waals surface area contributed by atoms with E-state index in [1.54, 1.807) is 6.21 Å². The number of anilines is 1. The summed E-state index contributed by atoms with van der Waals surface area (Å²) in [6.45, 7) is 8.17. The first kappa shape index (κ1) is 16.0. The van der Waals surface area contributed by atoms with Crippen LogP contribution in [0.1, 0.15) is 32.8 Å². The number of hydrogen-bond acceptors (Lipinski definition) is 4. The van der Waals surface area contributed by atoms with Crippen molar-refractivity contribution in [2.24, 2.45) is 4.99 Å². The summed E-state index contributed by atoms with van der Waals surface area (Å²) in [5.41, 5.74) is 1.75. The van der Waals surface area contributed by atoms with Gasteiger partial charge in [-0.15, -0.1) is 0 Å². The zero-order chi connectivity index (χ0) is 15.5. The molecule has 21 heavy (non-hydrogen) atoms. The van der Waals surface area contributed by atoms with Crippen LogP contribution in [0.15, 0.2) is 29.3 Å². The fourth-order valence-corrected chi connectivity index (χ4v) is 4.75. The van der Waals surface area contributed by atoms with E-state index in [9.17, 15) is 8.42 Å². The predicted molar refractivity (Wildman–Crippen MR) is 89.3 cm³/mol. The summed E-state index contributed by atoms with van der Waals surface area (Å²) in [5, 5.41) is 0. The number of hydrogen-bond donors (Lipinski definition) is 0. The van der Waals surface area contributed by atoms with Gasteiger partial charge in [-0.05, 0) is 44.9 Å². The van der Waals surface area contributed by atoms with E-state index >= 15 is 0 Å². The maximum Gasteiger partial charge on any atom is 0.152 e. The lowest BCUT2D eigenvalue weighted by Crippen LogP contribution is -2.23. The topological polar surface area (TPSA) is 49.7 Å². The minimum Gasteiger partial charge on any atom is -0.372 e. The third-order valence-electron chi connectivity index (χ3n) is 4.03. The van der Waals surface area contributed by atoms with Crippen molar-refractivity contribution in [1.29, 1.82) is 0 Å². The molecule has 1 aromatic carbocycles. The van der Waals surface area contributed by atoms with Crippen molar-refractivity contribution in [2.75, 3.05) is 29.5 Å². The van der Waals surface area contributed by atoms with Gasteiger partial charge in [0.2, 0.25) is 0 Å². The van der Waals surface area contributed by atoms with Gasteiger partial charge in [-0.2, -0.15) is 0 Å². The molecule has 0 spiro atoms. The van der Waals surface area contributed by atoms with Gasteiger partial charge in [0.1, 0.15) is 0 Å². The molecule has 1 aliphatic heterocycles. The molecule has 4 nitrogen and oxygen atoms in total. The predicted octanol–water partition coefficient (Wildman–Crippen LogP) is 2.53. The number of sulfone groups is 1. The van der Waals surface area contributed by atoms with E-state index in [-0.39, 0.29) is 11.5 Å². The van der Waals surface area contributed by atoms with E-state index in [0.717, 1.165) is 18.7 Å². The van der Waals surface area contributed by atoms with Crippen molar-refractivity contribution in [1.82, 2.24) is 0 Å². The lowest BCUT2D eigenvalue weighted by atomic mass is 10.0. The third kappa shape index (κ3) is 4.06. The number of rotatable bonds is 5. The molecule has 1 atom stereocenters. The Morgan fingerprint density at radius 1 is 1.24 bits per heavy atom. The number of nitrogens with zero attached hydrogens (tertiary/aromatic N) is 2. The van der Waals surface area contributed by atoms with Gasteiger partial charge in [0.25, 0.3) is 0 Å². The van der Waals surface area contributed by atoms with Gasteiger partial charge in [-0.3, -0.25) is 4.99 Å². The summed E-state index contributed by atoms with van der Waals surface area (Å²) in [6, 6.07) is 8.23. The van der Waals surface area contributed by atoms with Crippen LogP contribution >= 0.6 is 0 Å². The summed E-state index contributed by atoms with van der Waals surface area (Å²) < 4.78 is 23.1. The molecule has 0 bridgehead atoms. The SMILES string of the molecule is CCN(CC)c1ccc(C=NC2(C)CCS(=O)(=O)C2)cc1. The summed E-state index contributed by atoms with van der Waals surface area (Å²) in [5.74, 6) is 0.412. The molecule has 1 aliphatic rings. The first-order valence-corrected chi connectivity index (χ1v) is 9.30. The van der Waals surface area contributed by atoms with Gasteiger partial charge < -0.3 is 4.90 Å². The van der Waals surface area contributed by atoms with Crippen LogP contribution in [0, 0.1) is 0 Å². The van der Waals surface area contributed by atoms with Gasteiger partial charge in [-0.25, -0.2) is 8.42 Å². The van der Waals surface area contributed by atoms with E-state index in [4.69, 9.17) is 0 Å². The normalized spacial score (nSPS) is 24.5. The van der Waals surface area contributed by atoms with Crippen LogP contribution in [-0.4, -0.2) is 44.8 Å². The monoisotopic (exact) mass is 308 g/mol. The molecule has 0 amide bonds. The fourth-order valence-electron chi connectivity index (χ4n) is 2.69. The average Bonchev–Trinajstić information content (AvgIpc) is 2.74. The van der Waals surface area contributed by atoms with Gasteiger partial charge in [-0.1, -0.05) is 12.1 Å². The second-order valence-electron chi connectivity index (χ2n) is 5.86. The molecule has 1 heterocycles. The molecule has 2 rings (SSSR count). The average molecular weight is 308 g/mol. The molecule has 1 saturated heterocycles. The first-order chi connectivity index (χ1) is 9.87. The standard InChI is InChI=1S/C16H24N2O2S/c1-4-18(5-2)15-8-6-14(7-9-15)12-17-16(3)10-11-21(19,20)13-16/h6-9,12H,4-5,10-11,13H2,1-3H3. The van der Waals surface area contributed by atoms with Gasteiger partial charge >= 0.3 is 0 Å². The zero-order valence-corrected chi connectivity index (χ0v) is 13.9. The Kier molecular flexibility index (Phi) is 4.71. The minimum atomic E-state index is -2.90. The van der Waals surface area contributed by atoms with Gasteiger partial charge in [0.15, 0.2) is 9.84 Å². The maximum absolute atomic E-state index is 11.6. The summed E-state index contributed by atoms with van der Waals surface area (Å²) in [4.78, 5) is 6.80. The molecule has 1 fully saturated rings. The van der Waals surface area contributed by atoms with Crippen LogP contribution in [0.3, 0.4) is 0 Å². The fraction of sp³-hybridized carbons (Fsp3) is 0.562. The molecule has 0 radical (unpaired) electrons. The maximum atomic E-state index is 11.6. The number of benzene rings is 1. The Balaban J connectivity index is 2.08. The first-order valence-electron chi connectivity index (χ1n) is 7.48. The van der Waals surface area contributed by atoms with E-state index in [1.807, 2.05) is 19.1 Å². The lowest BCUT2D eigenvalue weighted by Gasteiger charge is -2.21. The van der Waals surface area contributed by atoms with Crippen LogP contribution in [-0.2, 0) is 9.84 Å². The Morgan fingerprint density at radius 2 is 1.86 bits per heavy atom. The van der Waals surface area contributed by atoms with E-state index < -0.39 is 15.4 Å². The second kappa shape index (κ2) is 6.18. The highest BCUT2D eigenvalue weighted by Crippen LogP contribution is 2.26. The van der Waals surface area contributed by atoms with Crippen molar-refractivity contribution >= 4 is 21.7 Å². The molecule has 116 valence electrons. The largest absolute Gasteiger partial charge is 0.372 e. The van der Waals surface area contributed by atoms with Crippen molar-refractivity contribution < 1.29 is 8.42 Å². The van der Waals surface area contributed by atoms with Crippen molar-refractivity contribution in [2.45, 2.75) is 32.7 Å². The van der Waals surface area contributed by atoms with Gasteiger partial charge in [0.05, 0.1) is 17.0 Å². The molecule has 1 aromatic rings. The Morgan fingerprint density at radius 3 is 2.33 bits per heavy atom. The summed E-state index contributed by atoms with van der Waals surface area (Å²) in [6.07, 6.45) is 2.41. The molecular weight excluding hydrogens is 284 g/mol. The quantitative estimate of drug-likeness (QED) is 0.785. The van der Waals surface area contributed by atoms with Gasteiger partial charge in [0, 0.05) is 25.0 Å². The van der Waals surface area contributed by atoms with Crippen LogP contribution < -0.4 is 4.90 Å². The van der Waals surface area contributed by atoms with E-state index in [2.05, 4.69) is 35.9 Å². The lowest BCUT2D eigenvalue weighted by molar-refractivity contribution is 0.536. The van der Waals surface area contributed by atoms with E-state index in [0.29, 0.717) is 6.42 Å². The molecular formula is C16H24N2O2S. The molecule has 0 N–H and O–H groups in total. The van der Waals surface area contributed by atoms with Crippen LogP contribution in [0.4, 0.5) is 5.69 Å². The molecule has 0 saturated carbocycles. The Bertz CT molecular complexity index is 604. The Hall–Kier alpha value is -1.36. The van der Waals surface area contributed by atoms with Crippen LogP contribution in [0.5, 0.6) is 0 Å².